The Hall–Kier alpha value is -3.08. The van der Waals surface area contributed by atoms with Gasteiger partial charge in [0.1, 0.15) is 5.75 Å². The predicted octanol–water partition coefficient (Wildman–Crippen LogP) is 3.13. The molecule has 0 unspecified atom stereocenters. The fourth-order valence-electron chi connectivity index (χ4n) is 2.93. The highest BCUT2D eigenvalue weighted by atomic mass is 16.5. The Kier molecular flexibility index (Phi) is 3.75. The Morgan fingerprint density at radius 1 is 1.17 bits per heavy atom. The van der Waals surface area contributed by atoms with Crippen LogP contribution >= 0.6 is 0 Å². The molecule has 120 valence electrons. The molecule has 2 heterocycles. The second-order valence-electron chi connectivity index (χ2n) is 5.72. The highest BCUT2D eigenvalue weighted by Gasteiger charge is 2.22. The lowest BCUT2D eigenvalue weighted by Crippen LogP contribution is -2.32. The van der Waals surface area contributed by atoms with Gasteiger partial charge in [-0.05, 0) is 30.3 Å². The van der Waals surface area contributed by atoms with Crippen LogP contribution in [-0.2, 0) is 0 Å². The second kappa shape index (κ2) is 6.20. The monoisotopic (exact) mass is 319 g/mol. The van der Waals surface area contributed by atoms with Crippen molar-refractivity contribution >= 4 is 5.91 Å². The molecule has 1 amide bonds. The topological polar surface area (TPSA) is 56.1 Å². The van der Waals surface area contributed by atoms with E-state index in [2.05, 4.69) is 10.3 Å². The normalized spacial score (nSPS) is 16.1. The van der Waals surface area contributed by atoms with Crippen molar-refractivity contribution in [1.82, 2.24) is 14.9 Å². The highest BCUT2D eigenvalue weighted by Crippen LogP contribution is 2.31. The van der Waals surface area contributed by atoms with Crippen LogP contribution in [-0.4, -0.2) is 22.1 Å². The van der Waals surface area contributed by atoms with Crippen LogP contribution in [0.2, 0.25) is 0 Å². The van der Waals surface area contributed by atoms with E-state index in [-0.39, 0.29) is 11.9 Å². The van der Waals surface area contributed by atoms with E-state index >= 15 is 0 Å². The van der Waals surface area contributed by atoms with E-state index in [1.807, 2.05) is 59.3 Å². The van der Waals surface area contributed by atoms with E-state index in [1.165, 1.54) is 0 Å². The van der Waals surface area contributed by atoms with E-state index in [1.54, 1.807) is 12.5 Å². The number of fused-ring (bicyclic) bond motifs is 1. The minimum Gasteiger partial charge on any atom is -0.493 e. The van der Waals surface area contributed by atoms with Crippen LogP contribution in [0.15, 0.2) is 67.3 Å². The number of nitrogens with one attached hydrogen (secondary N) is 1. The summed E-state index contributed by atoms with van der Waals surface area (Å²) in [4.78, 5) is 16.6. The number of imidazole rings is 1. The van der Waals surface area contributed by atoms with Gasteiger partial charge in [0.2, 0.25) is 0 Å². The molecule has 5 nitrogen and oxygen atoms in total. The zero-order valence-electron chi connectivity index (χ0n) is 13.1. The summed E-state index contributed by atoms with van der Waals surface area (Å²) in [5, 5.41) is 3.11. The molecule has 0 saturated carbocycles. The number of benzene rings is 2. The number of ether oxygens (including phenoxy) is 1. The van der Waals surface area contributed by atoms with Crippen molar-refractivity contribution in [2.45, 2.75) is 12.5 Å². The summed E-state index contributed by atoms with van der Waals surface area (Å²) in [7, 11) is 0. The minimum atomic E-state index is -0.0751. The zero-order valence-corrected chi connectivity index (χ0v) is 13.1. The van der Waals surface area contributed by atoms with Crippen LogP contribution < -0.4 is 10.1 Å². The number of hydrogen-bond acceptors (Lipinski definition) is 3. The quantitative estimate of drug-likeness (QED) is 0.807. The zero-order chi connectivity index (χ0) is 16.4. The van der Waals surface area contributed by atoms with Gasteiger partial charge >= 0.3 is 0 Å². The van der Waals surface area contributed by atoms with E-state index < -0.39 is 0 Å². The maximum absolute atomic E-state index is 12.5. The first kappa shape index (κ1) is 14.5. The van der Waals surface area contributed by atoms with Gasteiger partial charge in [-0.3, -0.25) is 4.79 Å². The van der Waals surface area contributed by atoms with Crippen LogP contribution in [0.3, 0.4) is 0 Å². The Morgan fingerprint density at radius 3 is 2.79 bits per heavy atom. The van der Waals surface area contributed by atoms with Gasteiger partial charge in [-0.2, -0.15) is 0 Å². The van der Waals surface area contributed by atoms with E-state index in [0.717, 1.165) is 23.4 Å². The average molecular weight is 319 g/mol. The van der Waals surface area contributed by atoms with Gasteiger partial charge in [0.05, 0.1) is 19.0 Å². The Morgan fingerprint density at radius 2 is 2.00 bits per heavy atom. The number of carbonyl (C=O) groups is 1. The summed E-state index contributed by atoms with van der Waals surface area (Å²) < 4.78 is 7.54. The van der Waals surface area contributed by atoms with Crippen molar-refractivity contribution in [3.63, 3.8) is 0 Å². The second-order valence-corrected chi connectivity index (χ2v) is 5.72. The fourth-order valence-corrected chi connectivity index (χ4v) is 2.93. The van der Waals surface area contributed by atoms with Gasteiger partial charge in [-0.1, -0.05) is 18.2 Å². The molecule has 0 fully saturated rings. The summed E-state index contributed by atoms with van der Waals surface area (Å²) in [6, 6.07) is 15.3. The van der Waals surface area contributed by atoms with E-state index in [9.17, 15) is 4.79 Å². The standard InChI is InChI=1S/C19H17N3O2/c23-19(14-5-7-15(8-6-14)22-11-10-20-13-22)21-17-9-12-24-18-4-2-1-3-16(17)18/h1-8,10-11,13,17H,9,12H2,(H,21,23)/t17-/m0/s1. The third-order valence-corrected chi connectivity index (χ3v) is 4.20. The number of nitrogens with zero attached hydrogens (tertiary/aromatic N) is 2. The van der Waals surface area contributed by atoms with Crippen LogP contribution in [0.1, 0.15) is 28.4 Å². The third-order valence-electron chi connectivity index (χ3n) is 4.20. The van der Waals surface area contributed by atoms with E-state index in [0.29, 0.717) is 12.2 Å². The average Bonchev–Trinajstić information content (AvgIpc) is 3.17. The molecule has 0 radical (unpaired) electrons. The summed E-state index contributed by atoms with van der Waals surface area (Å²) >= 11 is 0. The number of hydrogen-bond donors (Lipinski definition) is 1. The van der Waals surface area contributed by atoms with Gasteiger partial charge < -0.3 is 14.6 Å². The lowest BCUT2D eigenvalue weighted by atomic mass is 10.00. The van der Waals surface area contributed by atoms with Crippen molar-refractivity contribution in [3.8, 4) is 11.4 Å². The lowest BCUT2D eigenvalue weighted by Gasteiger charge is -2.26. The number of para-hydroxylation sites is 1. The van der Waals surface area contributed by atoms with E-state index in [4.69, 9.17) is 4.74 Å². The first-order valence-corrected chi connectivity index (χ1v) is 7.92. The molecular formula is C19H17N3O2. The Balaban J connectivity index is 1.51. The third kappa shape index (κ3) is 2.76. The molecule has 1 N–H and O–H groups in total. The molecule has 0 saturated heterocycles. The minimum absolute atomic E-state index is 0.0178. The predicted molar refractivity (Wildman–Crippen MR) is 90.3 cm³/mol. The van der Waals surface area contributed by atoms with Crippen molar-refractivity contribution in [2.24, 2.45) is 0 Å². The van der Waals surface area contributed by atoms with Crippen LogP contribution in [0.4, 0.5) is 0 Å². The summed E-state index contributed by atoms with van der Waals surface area (Å²) in [6.45, 7) is 0.613. The number of rotatable bonds is 3. The van der Waals surface area contributed by atoms with Gasteiger partial charge in [-0.15, -0.1) is 0 Å². The van der Waals surface area contributed by atoms with Crippen molar-refractivity contribution in [1.29, 1.82) is 0 Å². The fraction of sp³-hybridized carbons (Fsp3) is 0.158. The lowest BCUT2D eigenvalue weighted by molar-refractivity contribution is 0.0925. The first-order chi connectivity index (χ1) is 11.8. The Bertz CT molecular complexity index is 841. The molecule has 1 atom stereocenters. The highest BCUT2D eigenvalue weighted by molar-refractivity contribution is 5.94. The maximum Gasteiger partial charge on any atom is 0.251 e. The van der Waals surface area contributed by atoms with Gasteiger partial charge in [0.15, 0.2) is 0 Å². The molecule has 0 aliphatic carbocycles. The molecule has 24 heavy (non-hydrogen) atoms. The smallest absolute Gasteiger partial charge is 0.251 e. The largest absolute Gasteiger partial charge is 0.493 e. The SMILES string of the molecule is O=C(N[C@H]1CCOc2ccccc21)c1ccc(-n2ccnc2)cc1. The number of aromatic nitrogens is 2. The summed E-state index contributed by atoms with van der Waals surface area (Å²) in [5.74, 6) is 0.776. The van der Waals surface area contributed by atoms with Crippen molar-refractivity contribution < 1.29 is 9.53 Å². The molecular weight excluding hydrogens is 302 g/mol. The van der Waals surface area contributed by atoms with Crippen LogP contribution in [0.25, 0.3) is 5.69 Å². The molecule has 0 spiro atoms. The van der Waals surface area contributed by atoms with Crippen molar-refractivity contribution in [3.05, 3.63) is 78.4 Å². The molecule has 0 bridgehead atoms. The molecule has 4 rings (SSSR count). The summed E-state index contributed by atoms with van der Waals surface area (Å²) in [6.07, 6.45) is 6.10. The first-order valence-electron chi connectivity index (χ1n) is 7.92. The number of carbonyl (C=O) groups excluding carboxylic acids is 1. The molecule has 1 aliphatic heterocycles. The van der Waals surface area contributed by atoms with Crippen molar-refractivity contribution in [2.75, 3.05) is 6.61 Å². The van der Waals surface area contributed by atoms with Gasteiger partial charge in [0.25, 0.3) is 5.91 Å². The van der Waals surface area contributed by atoms with Crippen LogP contribution in [0.5, 0.6) is 5.75 Å². The summed E-state index contributed by atoms with van der Waals surface area (Å²) in [5.41, 5.74) is 2.65. The Labute approximate surface area is 139 Å². The molecule has 1 aromatic heterocycles. The van der Waals surface area contributed by atoms with Gasteiger partial charge in [0, 0.05) is 35.6 Å². The van der Waals surface area contributed by atoms with Gasteiger partial charge in [-0.25, -0.2) is 4.98 Å². The molecule has 3 aromatic rings. The van der Waals surface area contributed by atoms with Crippen LogP contribution in [0, 0.1) is 0 Å². The molecule has 1 aliphatic rings. The number of amides is 1. The molecule has 5 heteroatoms. The maximum atomic E-state index is 12.5. The molecule has 2 aromatic carbocycles.